The molecule has 2 heterocycles. The van der Waals surface area contributed by atoms with Gasteiger partial charge < -0.3 is 4.42 Å². The van der Waals surface area contributed by atoms with E-state index in [-0.39, 0.29) is 5.28 Å². The number of hydrogen-bond acceptors (Lipinski definition) is 4. The second-order valence-corrected chi connectivity index (χ2v) is 4.07. The van der Waals surface area contributed by atoms with Crippen molar-refractivity contribution in [3.05, 3.63) is 40.8 Å². The van der Waals surface area contributed by atoms with Gasteiger partial charge in [0.1, 0.15) is 11.2 Å². The summed E-state index contributed by atoms with van der Waals surface area (Å²) in [4.78, 5) is 12.1. The molecular formula is C11H5Cl2N3O. The minimum atomic E-state index is 0.103. The summed E-state index contributed by atoms with van der Waals surface area (Å²) in [5.74, 6) is 0.334. The summed E-state index contributed by atoms with van der Waals surface area (Å²) in [6, 6.07) is 7.41. The number of benzene rings is 1. The van der Waals surface area contributed by atoms with Gasteiger partial charge in [0.25, 0.3) is 0 Å². The van der Waals surface area contributed by atoms with Crippen molar-refractivity contribution in [3.63, 3.8) is 0 Å². The summed E-state index contributed by atoms with van der Waals surface area (Å²) in [5, 5.41) is 0.451. The third-order valence-electron chi connectivity index (χ3n) is 2.21. The molecule has 0 bridgehead atoms. The number of aromatic nitrogens is 3. The molecule has 3 aromatic rings. The lowest BCUT2D eigenvalue weighted by atomic mass is 10.3. The van der Waals surface area contributed by atoms with Crippen LogP contribution in [0, 0.1) is 0 Å². The fourth-order valence-electron chi connectivity index (χ4n) is 1.47. The van der Waals surface area contributed by atoms with E-state index < -0.39 is 0 Å². The summed E-state index contributed by atoms with van der Waals surface area (Å²) < 4.78 is 5.55. The first-order chi connectivity index (χ1) is 8.24. The molecule has 4 nitrogen and oxygen atoms in total. The highest BCUT2D eigenvalue weighted by Crippen LogP contribution is 2.28. The zero-order valence-electron chi connectivity index (χ0n) is 8.39. The van der Waals surface area contributed by atoms with Crippen molar-refractivity contribution in [2.45, 2.75) is 0 Å². The predicted molar refractivity (Wildman–Crippen MR) is 65.1 cm³/mol. The Morgan fingerprint density at radius 1 is 1.06 bits per heavy atom. The molecule has 17 heavy (non-hydrogen) atoms. The van der Waals surface area contributed by atoms with Gasteiger partial charge in [-0.15, -0.1) is 0 Å². The van der Waals surface area contributed by atoms with Gasteiger partial charge in [0.2, 0.25) is 11.2 Å². The van der Waals surface area contributed by atoms with Gasteiger partial charge in [-0.2, -0.15) is 0 Å². The van der Waals surface area contributed by atoms with E-state index >= 15 is 0 Å². The maximum Gasteiger partial charge on any atom is 0.247 e. The van der Waals surface area contributed by atoms with Crippen LogP contribution in [0.15, 0.2) is 34.9 Å². The summed E-state index contributed by atoms with van der Waals surface area (Å²) in [5.41, 5.74) is 1.81. The van der Waals surface area contributed by atoms with Crippen molar-refractivity contribution in [3.8, 4) is 11.6 Å². The van der Waals surface area contributed by atoms with Crippen LogP contribution >= 0.6 is 23.2 Å². The SMILES string of the molecule is Clc1ncc(Cl)c(-c2nc3ccccc3o2)n1. The Kier molecular flexibility index (Phi) is 2.46. The second-order valence-electron chi connectivity index (χ2n) is 3.32. The Morgan fingerprint density at radius 3 is 2.71 bits per heavy atom. The third kappa shape index (κ3) is 1.85. The Labute approximate surface area is 106 Å². The van der Waals surface area contributed by atoms with E-state index in [2.05, 4.69) is 15.0 Å². The van der Waals surface area contributed by atoms with Crippen molar-refractivity contribution in [2.75, 3.05) is 0 Å². The van der Waals surface area contributed by atoms with E-state index in [9.17, 15) is 0 Å². The summed E-state index contributed by atoms with van der Waals surface area (Å²) in [6.07, 6.45) is 1.42. The normalized spacial score (nSPS) is 10.9. The highest BCUT2D eigenvalue weighted by atomic mass is 35.5. The lowest BCUT2D eigenvalue weighted by Crippen LogP contribution is -1.88. The van der Waals surface area contributed by atoms with E-state index in [1.807, 2.05) is 24.3 Å². The van der Waals surface area contributed by atoms with Crippen LogP contribution in [0.25, 0.3) is 22.7 Å². The van der Waals surface area contributed by atoms with Crippen LogP contribution < -0.4 is 0 Å². The molecule has 2 aromatic heterocycles. The van der Waals surface area contributed by atoms with Crippen LogP contribution in [0.2, 0.25) is 10.3 Å². The molecule has 84 valence electrons. The van der Waals surface area contributed by atoms with Gasteiger partial charge in [0, 0.05) is 0 Å². The Balaban J connectivity index is 2.23. The molecule has 0 amide bonds. The fraction of sp³-hybridized carbons (Fsp3) is 0. The van der Waals surface area contributed by atoms with Crippen molar-refractivity contribution in [1.29, 1.82) is 0 Å². The van der Waals surface area contributed by atoms with Crippen LogP contribution in [0.1, 0.15) is 0 Å². The average molecular weight is 266 g/mol. The van der Waals surface area contributed by atoms with E-state index in [0.29, 0.717) is 22.2 Å². The Morgan fingerprint density at radius 2 is 1.88 bits per heavy atom. The monoisotopic (exact) mass is 265 g/mol. The lowest BCUT2D eigenvalue weighted by molar-refractivity contribution is 0.616. The summed E-state index contributed by atoms with van der Waals surface area (Å²) >= 11 is 11.7. The number of oxazole rings is 1. The summed E-state index contributed by atoms with van der Waals surface area (Å²) in [7, 11) is 0. The first-order valence-electron chi connectivity index (χ1n) is 4.78. The van der Waals surface area contributed by atoms with Gasteiger partial charge in [0.05, 0.1) is 11.2 Å². The van der Waals surface area contributed by atoms with Crippen molar-refractivity contribution >= 4 is 34.3 Å². The minimum absolute atomic E-state index is 0.103. The van der Waals surface area contributed by atoms with Crippen LogP contribution in [-0.2, 0) is 0 Å². The molecule has 0 saturated heterocycles. The van der Waals surface area contributed by atoms with Gasteiger partial charge in [-0.25, -0.2) is 15.0 Å². The molecular weight excluding hydrogens is 261 g/mol. The largest absolute Gasteiger partial charge is 0.435 e. The van der Waals surface area contributed by atoms with E-state index in [1.54, 1.807) is 0 Å². The fourth-order valence-corrected chi connectivity index (χ4v) is 1.77. The molecule has 0 spiro atoms. The van der Waals surface area contributed by atoms with E-state index in [1.165, 1.54) is 6.20 Å². The lowest BCUT2D eigenvalue weighted by Gasteiger charge is -1.97. The standard InChI is InChI=1S/C11H5Cl2N3O/c12-6-5-14-11(13)16-9(6)10-15-7-3-1-2-4-8(7)17-10/h1-5H. The highest BCUT2D eigenvalue weighted by molar-refractivity contribution is 6.33. The van der Waals surface area contributed by atoms with E-state index in [4.69, 9.17) is 27.6 Å². The maximum absolute atomic E-state index is 5.97. The Bertz CT molecular complexity index is 663. The molecule has 0 aliphatic carbocycles. The number of fused-ring (bicyclic) bond motifs is 1. The number of nitrogens with zero attached hydrogens (tertiary/aromatic N) is 3. The predicted octanol–water partition coefficient (Wildman–Crippen LogP) is 3.59. The van der Waals surface area contributed by atoms with Crippen LogP contribution in [0.5, 0.6) is 0 Å². The molecule has 0 fully saturated rings. The molecule has 3 rings (SSSR count). The number of rotatable bonds is 1. The third-order valence-corrected chi connectivity index (χ3v) is 2.67. The molecule has 0 unspecified atom stereocenters. The molecule has 0 aliphatic heterocycles. The zero-order valence-corrected chi connectivity index (χ0v) is 9.90. The quantitative estimate of drug-likeness (QED) is 0.631. The van der Waals surface area contributed by atoms with Gasteiger partial charge in [-0.3, -0.25) is 0 Å². The maximum atomic E-state index is 5.97. The first kappa shape index (κ1) is 10.5. The van der Waals surface area contributed by atoms with Crippen LogP contribution in [-0.4, -0.2) is 15.0 Å². The van der Waals surface area contributed by atoms with Crippen LogP contribution in [0.4, 0.5) is 0 Å². The first-order valence-corrected chi connectivity index (χ1v) is 5.53. The molecule has 1 aromatic carbocycles. The molecule has 0 saturated carbocycles. The Hall–Kier alpha value is -1.65. The van der Waals surface area contributed by atoms with Gasteiger partial charge in [-0.05, 0) is 23.7 Å². The van der Waals surface area contributed by atoms with Gasteiger partial charge >= 0.3 is 0 Å². The average Bonchev–Trinajstić information content (AvgIpc) is 2.75. The smallest absolute Gasteiger partial charge is 0.247 e. The van der Waals surface area contributed by atoms with Gasteiger partial charge in [0.15, 0.2) is 5.58 Å². The minimum Gasteiger partial charge on any atom is -0.435 e. The molecule has 6 heteroatoms. The summed E-state index contributed by atoms with van der Waals surface area (Å²) in [6.45, 7) is 0. The van der Waals surface area contributed by atoms with Gasteiger partial charge in [-0.1, -0.05) is 23.7 Å². The van der Waals surface area contributed by atoms with Crippen molar-refractivity contribution < 1.29 is 4.42 Å². The van der Waals surface area contributed by atoms with Crippen molar-refractivity contribution in [1.82, 2.24) is 15.0 Å². The molecule has 0 N–H and O–H groups in total. The molecule has 0 aliphatic rings. The zero-order chi connectivity index (χ0) is 11.8. The topological polar surface area (TPSA) is 51.8 Å². The van der Waals surface area contributed by atoms with E-state index in [0.717, 1.165) is 5.52 Å². The van der Waals surface area contributed by atoms with Crippen molar-refractivity contribution in [2.24, 2.45) is 0 Å². The number of halogens is 2. The number of para-hydroxylation sites is 2. The number of hydrogen-bond donors (Lipinski definition) is 0. The molecule has 0 radical (unpaired) electrons. The molecule has 0 atom stereocenters. The van der Waals surface area contributed by atoms with Crippen LogP contribution in [0.3, 0.4) is 0 Å². The highest BCUT2D eigenvalue weighted by Gasteiger charge is 2.13. The second kappa shape index (κ2) is 3.98.